The summed E-state index contributed by atoms with van der Waals surface area (Å²) in [5.74, 6) is -1.13. The first-order valence-electron chi connectivity index (χ1n) is 14.3. The molecule has 5 heterocycles. The van der Waals surface area contributed by atoms with Gasteiger partial charge in [0.25, 0.3) is 5.91 Å². The van der Waals surface area contributed by atoms with Crippen molar-refractivity contribution in [2.45, 2.75) is 57.0 Å². The van der Waals surface area contributed by atoms with Crippen LogP contribution in [0.3, 0.4) is 0 Å². The number of carbonyl (C=O) groups excluding carboxylic acids is 1. The fourth-order valence-electron chi connectivity index (χ4n) is 6.59. The van der Waals surface area contributed by atoms with Crippen LogP contribution in [0.25, 0.3) is 5.65 Å². The van der Waals surface area contributed by atoms with E-state index in [1.165, 1.54) is 5.56 Å². The van der Waals surface area contributed by atoms with Crippen molar-refractivity contribution in [2.24, 2.45) is 5.92 Å². The summed E-state index contributed by atoms with van der Waals surface area (Å²) in [6.45, 7) is 8.72. The summed E-state index contributed by atoms with van der Waals surface area (Å²) < 4.78 is 7.56. The molecule has 212 valence electrons. The van der Waals surface area contributed by atoms with Crippen LogP contribution in [-0.2, 0) is 14.9 Å². The van der Waals surface area contributed by atoms with Crippen LogP contribution >= 0.6 is 0 Å². The number of pyridine rings is 1. The number of hydrogen-bond donors (Lipinski definition) is 2. The number of nitrogens with one attached hydrogen (secondary N) is 1. The number of carboxylic acids is 1. The van der Waals surface area contributed by atoms with E-state index in [1.807, 2.05) is 13.1 Å². The lowest BCUT2D eigenvalue weighted by Crippen LogP contribution is -2.53. The number of aromatic nitrogens is 3. The van der Waals surface area contributed by atoms with E-state index in [0.717, 1.165) is 50.3 Å². The highest BCUT2D eigenvalue weighted by Crippen LogP contribution is 2.36. The van der Waals surface area contributed by atoms with Gasteiger partial charge in [-0.1, -0.05) is 37.3 Å². The van der Waals surface area contributed by atoms with Crippen molar-refractivity contribution in [3.63, 3.8) is 0 Å². The molecule has 2 aromatic heterocycles. The molecule has 3 aromatic rings. The normalized spacial score (nSPS) is 26.3. The molecule has 3 aliphatic heterocycles. The molecule has 3 atom stereocenters. The molecular weight excluding hydrogens is 508 g/mol. The molecule has 40 heavy (non-hydrogen) atoms. The van der Waals surface area contributed by atoms with Gasteiger partial charge in [-0.25, -0.2) is 9.50 Å². The largest absolute Gasteiger partial charge is 0.481 e. The molecule has 0 spiro atoms. The minimum Gasteiger partial charge on any atom is -0.481 e. The van der Waals surface area contributed by atoms with Crippen LogP contribution in [0.5, 0.6) is 0 Å². The van der Waals surface area contributed by atoms with Gasteiger partial charge in [-0.2, -0.15) is 0 Å². The van der Waals surface area contributed by atoms with E-state index in [1.54, 1.807) is 4.52 Å². The van der Waals surface area contributed by atoms with Crippen LogP contribution in [0, 0.1) is 12.8 Å². The number of aliphatic carboxylic acids is 1. The van der Waals surface area contributed by atoms with E-state index < -0.39 is 5.97 Å². The van der Waals surface area contributed by atoms with Crippen LogP contribution in [0.15, 0.2) is 42.6 Å². The van der Waals surface area contributed by atoms with Gasteiger partial charge >= 0.3 is 5.97 Å². The van der Waals surface area contributed by atoms with Crippen molar-refractivity contribution in [3.8, 4) is 0 Å². The van der Waals surface area contributed by atoms with Crippen molar-refractivity contribution < 1.29 is 19.4 Å². The number of hydrogen-bond acceptors (Lipinski definition) is 7. The van der Waals surface area contributed by atoms with Crippen LogP contribution < -0.4 is 10.2 Å². The fourth-order valence-corrected chi connectivity index (χ4v) is 6.59. The Morgan fingerprint density at radius 1 is 1.12 bits per heavy atom. The fraction of sp³-hybridized carbons (Fsp3) is 0.533. The molecule has 0 bridgehead atoms. The molecule has 0 radical (unpaired) electrons. The van der Waals surface area contributed by atoms with Crippen molar-refractivity contribution in [1.29, 1.82) is 0 Å². The summed E-state index contributed by atoms with van der Waals surface area (Å²) in [7, 11) is 0. The number of anilines is 1. The molecule has 3 fully saturated rings. The second-order valence-corrected chi connectivity index (χ2v) is 11.9. The van der Waals surface area contributed by atoms with Gasteiger partial charge < -0.3 is 20.1 Å². The number of piperidine rings is 1. The second-order valence-electron chi connectivity index (χ2n) is 11.9. The van der Waals surface area contributed by atoms with E-state index in [2.05, 4.69) is 68.5 Å². The summed E-state index contributed by atoms with van der Waals surface area (Å²) in [6, 6.07) is 12.8. The Morgan fingerprint density at radius 2 is 1.90 bits per heavy atom. The van der Waals surface area contributed by atoms with E-state index in [4.69, 9.17) is 4.74 Å². The third-order valence-corrected chi connectivity index (χ3v) is 9.03. The Labute approximate surface area is 234 Å². The number of amides is 1. The third-order valence-electron chi connectivity index (χ3n) is 9.03. The van der Waals surface area contributed by atoms with Crippen LogP contribution in [0.2, 0.25) is 0 Å². The average Bonchev–Trinajstić information content (AvgIpc) is 3.59. The SMILES string of the molecule is Cc1cc(N2CC[C@](C)(c3ccccc3)C2)cn2nc(C(=O)NC3COCC(N4CCC(C(=O)O)CC4)C3)nc12. The molecule has 10 heteroatoms. The highest BCUT2D eigenvalue weighted by atomic mass is 16.5. The maximum absolute atomic E-state index is 13.2. The minimum absolute atomic E-state index is 0.0869. The van der Waals surface area contributed by atoms with Crippen LogP contribution in [0.1, 0.15) is 54.4 Å². The number of likely N-dealkylation sites (tertiary alicyclic amines) is 1. The first kappa shape index (κ1) is 26.7. The lowest BCUT2D eigenvalue weighted by atomic mass is 9.82. The zero-order valence-corrected chi connectivity index (χ0v) is 23.3. The molecule has 0 saturated carbocycles. The topological polar surface area (TPSA) is 112 Å². The second kappa shape index (κ2) is 10.8. The van der Waals surface area contributed by atoms with E-state index in [0.29, 0.717) is 31.7 Å². The van der Waals surface area contributed by atoms with Gasteiger partial charge in [0, 0.05) is 24.5 Å². The van der Waals surface area contributed by atoms with E-state index >= 15 is 0 Å². The predicted molar refractivity (Wildman–Crippen MR) is 151 cm³/mol. The molecule has 1 aromatic carbocycles. The Kier molecular flexibility index (Phi) is 7.22. The Morgan fingerprint density at radius 3 is 2.65 bits per heavy atom. The van der Waals surface area contributed by atoms with Gasteiger partial charge in [-0.15, -0.1) is 5.10 Å². The van der Waals surface area contributed by atoms with Crippen LogP contribution in [0.4, 0.5) is 5.69 Å². The number of rotatable bonds is 6. The number of benzene rings is 1. The number of fused-ring (bicyclic) bond motifs is 1. The Hall–Kier alpha value is -3.50. The number of aryl methyl sites for hydroxylation is 1. The highest BCUT2D eigenvalue weighted by Gasteiger charge is 2.36. The molecule has 2 N–H and O–H groups in total. The molecular formula is C30H38N6O4. The van der Waals surface area contributed by atoms with Gasteiger partial charge in [0.1, 0.15) is 0 Å². The van der Waals surface area contributed by atoms with Crippen molar-refractivity contribution in [1.82, 2.24) is 24.8 Å². The highest BCUT2D eigenvalue weighted by molar-refractivity contribution is 5.91. The first-order valence-corrected chi connectivity index (χ1v) is 14.3. The molecule has 0 aliphatic carbocycles. The van der Waals surface area contributed by atoms with Gasteiger partial charge in [-0.3, -0.25) is 14.5 Å². The maximum atomic E-state index is 13.2. The van der Waals surface area contributed by atoms with Crippen LogP contribution in [-0.4, -0.2) is 88.0 Å². The predicted octanol–water partition coefficient (Wildman–Crippen LogP) is 2.89. The number of carboxylic acid groups (broad SMARTS) is 1. The van der Waals surface area contributed by atoms with E-state index in [9.17, 15) is 14.7 Å². The van der Waals surface area contributed by atoms with E-state index in [-0.39, 0.29) is 35.1 Å². The van der Waals surface area contributed by atoms with Gasteiger partial charge in [-0.05, 0) is 62.9 Å². The smallest absolute Gasteiger partial charge is 0.306 e. The zero-order chi connectivity index (χ0) is 27.9. The summed E-state index contributed by atoms with van der Waals surface area (Å²) >= 11 is 0. The van der Waals surface area contributed by atoms with Crippen molar-refractivity contribution in [2.75, 3.05) is 44.3 Å². The lowest BCUT2D eigenvalue weighted by Gasteiger charge is -2.40. The molecule has 3 aliphatic rings. The zero-order valence-electron chi connectivity index (χ0n) is 23.3. The molecule has 6 rings (SSSR count). The summed E-state index contributed by atoms with van der Waals surface area (Å²) in [5, 5.41) is 16.9. The minimum atomic E-state index is -0.710. The average molecular weight is 547 g/mol. The number of carbonyl (C=O) groups is 2. The summed E-state index contributed by atoms with van der Waals surface area (Å²) in [4.78, 5) is 33.7. The van der Waals surface area contributed by atoms with Crippen molar-refractivity contribution >= 4 is 23.2 Å². The molecule has 3 saturated heterocycles. The molecule has 1 amide bonds. The van der Waals surface area contributed by atoms with Crippen molar-refractivity contribution in [3.05, 3.63) is 59.5 Å². The number of ether oxygens (including phenoxy) is 1. The first-order chi connectivity index (χ1) is 19.3. The summed E-state index contributed by atoms with van der Waals surface area (Å²) in [5.41, 5.74) is 4.18. The van der Waals surface area contributed by atoms with Gasteiger partial charge in [0.2, 0.25) is 5.82 Å². The quantitative estimate of drug-likeness (QED) is 0.486. The maximum Gasteiger partial charge on any atom is 0.306 e. The van der Waals surface area contributed by atoms with Gasteiger partial charge in [0.15, 0.2) is 5.65 Å². The Bertz CT molecular complexity index is 1390. The summed E-state index contributed by atoms with van der Waals surface area (Å²) in [6.07, 6.45) is 5.11. The Balaban J connectivity index is 1.11. The standard InChI is InChI=1S/C30H38N6O4/c1-20-14-24(35-13-10-30(2,19-35)22-6-4-3-5-7-22)16-36-27(20)32-26(33-36)28(37)31-23-15-25(18-40-17-23)34-11-8-21(9-12-34)29(38)39/h3-7,14,16,21,23,25H,8-13,15,17-19H2,1-2H3,(H,31,37)(H,38,39)/t23?,25?,30-/m0/s1. The molecule has 10 nitrogen and oxygen atoms in total. The number of nitrogens with zero attached hydrogens (tertiary/aromatic N) is 5. The lowest BCUT2D eigenvalue weighted by molar-refractivity contribution is -0.143. The van der Waals surface area contributed by atoms with Gasteiger partial charge in [0.05, 0.1) is 37.1 Å². The molecule has 2 unspecified atom stereocenters. The third kappa shape index (κ3) is 5.30. The monoisotopic (exact) mass is 546 g/mol.